The highest BCUT2D eigenvalue weighted by atomic mass is 16.4. The van der Waals surface area contributed by atoms with E-state index >= 15 is 0 Å². The van der Waals surface area contributed by atoms with Crippen molar-refractivity contribution in [1.29, 1.82) is 0 Å². The van der Waals surface area contributed by atoms with Crippen molar-refractivity contribution in [2.75, 3.05) is 6.54 Å². The maximum absolute atomic E-state index is 11.4. The second kappa shape index (κ2) is 5.31. The molecule has 82 valence electrons. The Hall–Kier alpha value is -1.62. The minimum absolute atomic E-state index is 0.0546. The summed E-state index contributed by atoms with van der Waals surface area (Å²) >= 11 is 0. The fourth-order valence-corrected chi connectivity index (χ4v) is 1.00. The molecule has 1 aromatic rings. The van der Waals surface area contributed by atoms with Crippen LogP contribution < -0.4 is 16.7 Å². The second-order valence-electron chi connectivity index (χ2n) is 3.37. The third kappa shape index (κ3) is 3.95. The molecule has 5 heteroatoms. The van der Waals surface area contributed by atoms with Crippen LogP contribution in [-0.4, -0.2) is 18.5 Å². The number of hydrogen-bond donors (Lipinski definition) is 2. The molecular formula is C10H14N2O3. The van der Waals surface area contributed by atoms with Gasteiger partial charge in [0.25, 0.3) is 5.91 Å². The van der Waals surface area contributed by atoms with Gasteiger partial charge in [-0.25, -0.2) is 4.79 Å². The van der Waals surface area contributed by atoms with E-state index < -0.39 is 5.63 Å². The summed E-state index contributed by atoms with van der Waals surface area (Å²) in [6, 6.07) is 2.69. The van der Waals surface area contributed by atoms with Crippen molar-refractivity contribution >= 4 is 5.91 Å². The monoisotopic (exact) mass is 210 g/mol. The molecule has 0 aliphatic carbocycles. The van der Waals surface area contributed by atoms with Gasteiger partial charge in [0, 0.05) is 18.7 Å². The van der Waals surface area contributed by atoms with E-state index in [4.69, 9.17) is 5.73 Å². The van der Waals surface area contributed by atoms with Gasteiger partial charge < -0.3 is 15.5 Å². The van der Waals surface area contributed by atoms with Crippen LogP contribution in [0.2, 0.25) is 0 Å². The molecule has 0 saturated heterocycles. The molecule has 1 atom stereocenters. The summed E-state index contributed by atoms with van der Waals surface area (Å²) < 4.78 is 4.57. The van der Waals surface area contributed by atoms with Crippen LogP contribution in [-0.2, 0) is 0 Å². The minimum Gasteiger partial charge on any atom is -0.430 e. The number of nitrogens with one attached hydrogen (secondary N) is 1. The lowest BCUT2D eigenvalue weighted by Gasteiger charge is -2.06. The quantitative estimate of drug-likeness (QED) is 0.738. The maximum atomic E-state index is 11.4. The van der Waals surface area contributed by atoms with E-state index in [0.717, 1.165) is 6.26 Å². The van der Waals surface area contributed by atoms with Crippen molar-refractivity contribution in [1.82, 2.24) is 5.32 Å². The number of hydrogen-bond acceptors (Lipinski definition) is 4. The van der Waals surface area contributed by atoms with Crippen molar-refractivity contribution in [2.45, 2.75) is 19.4 Å². The highest BCUT2D eigenvalue weighted by Gasteiger charge is 2.05. The van der Waals surface area contributed by atoms with Crippen molar-refractivity contribution in [3.05, 3.63) is 34.4 Å². The summed E-state index contributed by atoms with van der Waals surface area (Å²) in [4.78, 5) is 22.1. The Morgan fingerprint density at radius 2 is 2.33 bits per heavy atom. The van der Waals surface area contributed by atoms with E-state index in [0.29, 0.717) is 18.5 Å². The van der Waals surface area contributed by atoms with E-state index in [1.54, 1.807) is 0 Å². The Bertz CT molecular complexity index is 364. The Balaban J connectivity index is 2.47. The van der Waals surface area contributed by atoms with Gasteiger partial charge in [-0.1, -0.05) is 0 Å². The zero-order chi connectivity index (χ0) is 11.3. The van der Waals surface area contributed by atoms with Crippen molar-refractivity contribution in [2.24, 2.45) is 5.73 Å². The van der Waals surface area contributed by atoms with Gasteiger partial charge in [-0.3, -0.25) is 4.79 Å². The first-order chi connectivity index (χ1) is 7.09. The predicted octanol–water partition coefficient (Wildman–Crippen LogP) is 0.107. The van der Waals surface area contributed by atoms with E-state index in [9.17, 15) is 9.59 Å². The van der Waals surface area contributed by atoms with Crippen LogP contribution in [0.3, 0.4) is 0 Å². The zero-order valence-electron chi connectivity index (χ0n) is 8.53. The highest BCUT2D eigenvalue weighted by molar-refractivity contribution is 5.93. The molecule has 0 aliphatic heterocycles. The summed E-state index contributed by atoms with van der Waals surface area (Å²) in [5, 5.41) is 2.67. The predicted molar refractivity (Wildman–Crippen MR) is 55.6 cm³/mol. The first-order valence-electron chi connectivity index (χ1n) is 4.72. The van der Waals surface area contributed by atoms with Crippen molar-refractivity contribution in [3.8, 4) is 0 Å². The molecular weight excluding hydrogens is 196 g/mol. The normalized spacial score (nSPS) is 12.1. The fraction of sp³-hybridized carbons (Fsp3) is 0.400. The Morgan fingerprint density at radius 1 is 1.60 bits per heavy atom. The molecule has 0 saturated carbocycles. The summed E-state index contributed by atoms with van der Waals surface area (Å²) in [5.74, 6) is -0.264. The van der Waals surface area contributed by atoms with Gasteiger partial charge in [-0.05, 0) is 19.4 Å². The molecule has 0 fully saturated rings. The number of carbonyl (C=O) groups excluding carboxylic acids is 1. The van der Waals surface area contributed by atoms with E-state index in [-0.39, 0.29) is 11.9 Å². The van der Waals surface area contributed by atoms with Crippen LogP contribution in [0.15, 0.2) is 27.6 Å². The Morgan fingerprint density at radius 3 is 2.87 bits per heavy atom. The van der Waals surface area contributed by atoms with E-state index in [2.05, 4.69) is 9.73 Å². The van der Waals surface area contributed by atoms with Gasteiger partial charge >= 0.3 is 5.63 Å². The van der Waals surface area contributed by atoms with Crippen molar-refractivity contribution < 1.29 is 9.21 Å². The van der Waals surface area contributed by atoms with Crippen LogP contribution in [0.1, 0.15) is 23.7 Å². The lowest BCUT2D eigenvalue weighted by molar-refractivity contribution is 0.0950. The first kappa shape index (κ1) is 11.5. The Kier molecular flexibility index (Phi) is 4.05. The number of nitrogens with two attached hydrogens (primary N) is 1. The molecule has 15 heavy (non-hydrogen) atoms. The Labute approximate surface area is 87.3 Å². The topological polar surface area (TPSA) is 85.3 Å². The number of amides is 1. The lowest BCUT2D eigenvalue weighted by atomic mass is 10.2. The summed E-state index contributed by atoms with van der Waals surface area (Å²) in [6.07, 6.45) is 1.85. The molecule has 3 N–H and O–H groups in total. The second-order valence-corrected chi connectivity index (χ2v) is 3.37. The molecule has 1 amide bonds. The zero-order valence-corrected chi connectivity index (χ0v) is 8.53. The molecule has 0 spiro atoms. The lowest BCUT2D eigenvalue weighted by Crippen LogP contribution is -2.29. The molecule has 5 nitrogen and oxygen atoms in total. The molecule has 1 rings (SSSR count). The van der Waals surface area contributed by atoms with Crippen LogP contribution in [0.5, 0.6) is 0 Å². The van der Waals surface area contributed by atoms with Gasteiger partial charge in [0.05, 0.1) is 5.56 Å². The van der Waals surface area contributed by atoms with Gasteiger partial charge in [0.15, 0.2) is 0 Å². The largest absolute Gasteiger partial charge is 0.430 e. The maximum Gasteiger partial charge on any atom is 0.335 e. The smallest absolute Gasteiger partial charge is 0.335 e. The summed E-state index contributed by atoms with van der Waals surface area (Å²) in [7, 11) is 0. The van der Waals surface area contributed by atoms with Crippen LogP contribution in [0.25, 0.3) is 0 Å². The van der Waals surface area contributed by atoms with E-state index in [1.807, 2.05) is 6.92 Å². The van der Waals surface area contributed by atoms with Crippen molar-refractivity contribution in [3.63, 3.8) is 0 Å². The van der Waals surface area contributed by atoms with Gasteiger partial charge in [-0.15, -0.1) is 0 Å². The highest BCUT2D eigenvalue weighted by Crippen LogP contribution is 1.95. The van der Waals surface area contributed by atoms with E-state index in [1.165, 1.54) is 12.1 Å². The average molecular weight is 210 g/mol. The molecule has 1 aromatic heterocycles. The average Bonchev–Trinajstić information content (AvgIpc) is 2.18. The third-order valence-corrected chi connectivity index (χ3v) is 1.85. The van der Waals surface area contributed by atoms with Gasteiger partial charge in [-0.2, -0.15) is 0 Å². The van der Waals surface area contributed by atoms with Crippen LogP contribution in [0, 0.1) is 0 Å². The molecule has 1 unspecified atom stereocenters. The third-order valence-electron chi connectivity index (χ3n) is 1.85. The SMILES string of the molecule is CC(N)CCNC(=O)c1ccc(=O)oc1. The number of carbonyl (C=O) groups is 1. The molecule has 0 radical (unpaired) electrons. The first-order valence-corrected chi connectivity index (χ1v) is 4.72. The fourth-order valence-electron chi connectivity index (χ4n) is 1.00. The summed E-state index contributed by atoms with van der Waals surface area (Å²) in [5.41, 5.74) is 5.39. The molecule has 0 aliphatic rings. The standard InChI is InChI=1S/C10H14N2O3/c1-7(11)4-5-12-10(14)8-2-3-9(13)15-6-8/h2-3,6-7H,4-5,11H2,1H3,(H,12,14). The van der Waals surface area contributed by atoms with Gasteiger partial charge in [0.2, 0.25) is 0 Å². The minimum atomic E-state index is -0.470. The van der Waals surface area contributed by atoms with Gasteiger partial charge in [0.1, 0.15) is 6.26 Å². The molecule has 0 aromatic carbocycles. The summed E-state index contributed by atoms with van der Waals surface area (Å²) in [6.45, 7) is 2.38. The molecule has 0 bridgehead atoms. The molecule has 1 heterocycles. The van der Waals surface area contributed by atoms with Crippen LogP contribution >= 0.6 is 0 Å². The van der Waals surface area contributed by atoms with Crippen LogP contribution in [0.4, 0.5) is 0 Å². The number of rotatable bonds is 4.